The van der Waals surface area contributed by atoms with Gasteiger partial charge in [-0.1, -0.05) is 12.8 Å². The molecule has 88 valence electrons. The zero-order valence-corrected chi connectivity index (χ0v) is 9.78. The molecule has 1 aromatic heterocycles. The van der Waals surface area contributed by atoms with Crippen LogP contribution in [0.2, 0.25) is 0 Å². The minimum atomic E-state index is 0.0301. The zero-order chi connectivity index (χ0) is 11.4. The third kappa shape index (κ3) is 2.62. The van der Waals surface area contributed by atoms with E-state index < -0.39 is 0 Å². The molecule has 0 unspecified atom stereocenters. The summed E-state index contributed by atoms with van der Waals surface area (Å²) < 4.78 is 2.17. The normalized spacial score (nSPS) is 16.6. The van der Waals surface area contributed by atoms with Crippen molar-refractivity contribution in [1.82, 2.24) is 14.9 Å². The fourth-order valence-electron chi connectivity index (χ4n) is 2.41. The van der Waals surface area contributed by atoms with Crippen LogP contribution in [-0.2, 0) is 11.3 Å². The molecule has 1 amide bonds. The molecule has 1 saturated carbocycles. The first-order chi connectivity index (χ1) is 7.77. The summed E-state index contributed by atoms with van der Waals surface area (Å²) >= 11 is 0. The minimum absolute atomic E-state index is 0.0301. The Labute approximate surface area is 96.1 Å². The maximum Gasteiger partial charge on any atom is 0.216 e. The summed E-state index contributed by atoms with van der Waals surface area (Å²) in [5.41, 5.74) is 0. The van der Waals surface area contributed by atoms with Gasteiger partial charge in [0.15, 0.2) is 0 Å². The Morgan fingerprint density at radius 1 is 1.56 bits per heavy atom. The average molecular weight is 221 g/mol. The highest BCUT2D eigenvalue weighted by molar-refractivity contribution is 5.72. The molecule has 0 atom stereocenters. The third-order valence-electron chi connectivity index (χ3n) is 3.19. The third-order valence-corrected chi connectivity index (χ3v) is 3.19. The van der Waals surface area contributed by atoms with E-state index in [9.17, 15) is 4.79 Å². The van der Waals surface area contributed by atoms with Crippen LogP contribution < -0.4 is 5.32 Å². The van der Waals surface area contributed by atoms with E-state index in [4.69, 9.17) is 0 Å². The van der Waals surface area contributed by atoms with Crippen molar-refractivity contribution in [1.29, 1.82) is 0 Å². The lowest BCUT2D eigenvalue weighted by Crippen LogP contribution is -2.25. The number of rotatable bonds is 4. The number of imidazole rings is 1. The Balaban J connectivity index is 1.93. The summed E-state index contributed by atoms with van der Waals surface area (Å²) in [4.78, 5) is 15.2. The Kier molecular flexibility index (Phi) is 3.59. The zero-order valence-electron chi connectivity index (χ0n) is 9.78. The summed E-state index contributed by atoms with van der Waals surface area (Å²) in [6.45, 7) is 3.06. The number of nitrogens with zero attached hydrogens (tertiary/aromatic N) is 2. The summed E-state index contributed by atoms with van der Waals surface area (Å²) in [6.07, 6.45) is 9.04. The van der Waals surface area contributed by atoms with Crippen LogP contribution in [-0.4, -0.2) is 22.0 Å². The molecule has 4 heteroatoms. The molecule has 16 heavy (non-hydrogen) atoms. The van der Waals surface area contributed by atoms with E-state index in [2.05, 4.69) is 14.9 Å². The van der Waals surface area contributed by atoms with Crippen LogP contribution in [0.4, 0.5) is 0 Å². The molecule has 0 bridgehead atoms. The van der Waals surface area contributed by atoms with Gasteiger partial charge in [-0.3, -0.25) is 4.79 Å². The number of nitrogens with one attached hydrogen (secondary N) is 1. The average Bonchev–Trinajstić information content (AvgIpc) is 2.84. The van der Waals surface area contributed by atoms with Crippen molar-refractivity contribution in [3.8, 4) is 0 Å². The maximum absolute atomic E-state index is 10.8. The van der Waals surface area contributed by atoms with Crippen molar-refractivity contribution in [3.05, 3.63) is 18.2 Å². The van der Waals surface area contributed by atoms with E-state index in [-0.39, 0.29) is 5.91 Å². The van der Waals surface area contributed by atoms with E-state index in [1.165, 1.54) is 31.5 Å². The second kappa shape index (κ2) is 5.14. The van der Waals surface area contributed by atoms with Gasteiger partial charge < -0.3 is 9.88 Å². The topological polar surface area (TPSA) is 46.9 Å². The van der Waals surface area contributed by atoms with Gasteiger partial charge in [-0.05, 0) is 12.8 Å². The van der Waals surface area contributed by atoms with Gasteiger partial charge in [-0.2, -0.15) is 0 Å². The highest BCUT2D eigenvalue weighted by Crippen LogP contribution is 2.32. The van der Waals surface area contributed by atoms with Gasteiger partial charge in [0.05, 0.1) is 0 Å². The first-order valence-corrected chi connectivity index (χ1v) is 6.03. The molecule has 0 aromatic carbocycles. The van der Waals surface area contributed by atoms with E-state index in [1.54, 1.807) is 6.92 Å². The number of amides is 1. The molecular formula is C12H19N3O. The molecule has 4 nitrogen and oxygen atoms in total. The standard InChI is InChI=1S/C12H19N3O/c1-10(16)13-6-8-15-9-7-14-12(15)11-4-2-3-5-11/h7,9,11H,2-6,8H2,1H3,(H,13,16). The van der Waals surface area contributed by atoms with Crippen LogP contribution in [0.1, 0.15) is 44.3 Å². The van der Waals surface area contributed by atoms with Crippen molar-refractivity contribution < 1.29 is 4.79 Å². The van der Waals surface area contributed by atoms with Crippen molar-refractivity contribution in [2.75, 3.05) is 6.54 Å². The van der Waals surface area contributed by atoms with Crippen molar-refractivity contribution >= 4 is 5.91 Å². The van der Waals surface area contributed by atoms with Crippen LogP contribution >= 0.6 is 0 Å². The van der Waals surface area contributed by atoms with Crippen molar-refractivity contribution in [3.63, 3.8) is 0 Å². The maximum atomic E-state index is 10.8. The van der Waals surface area contributed by atoms with Crippen molar-refractivity contribution in [2.24, 2.45) is 0 Å². The van der Waals surface area contributed by atoms with Crippen LogP contribution in [0, 0.1) is 0 Å². The molecule has 1 N–H and O–H groups in total. The molecule has 1 fully saturated rings. The van der Waals surface area contributed by atoms with Gasteiger partial charge in [-0.25, -0.2) is 4.98 Å². The first kappa shape index (κ1) is 11.2. The second-order valence-corrected chi connectivity index (χ2v) is 4.44. The first-order valence-electron chi connectivity index (χ1n) is 6.03. The number of carbonyl (C=O) groups excluding carboxylic acids is 1. The predicted molar refractivity (Wildman–Crippen MR) is 62.1 cm³/mol. The molecule has 0 radical (unpaired) electrons. The minimum Gasteiger partial charge on any atom is -0.355 e. The van der Waals surface area contributed by atoms with Crippen LogP contribution in [0.3, 0.4) is 0 Å². The van der Waals surface area contributed by atoms with E-state index in [0.29, 0.717) is 12.5 Å². The van der Waals surface area contributed by atoms with Gasteiger partial charge in [0.25, 0.3) is 0 Å². The summed E-state index contributed by atoms with van der Waals surface area (Å²) in [7, 11) is 0. The largest absolute Gasteiger partial charge is 0.355 e. The molecule has 0 saturated heterocycles. The van der Waals surface area contributed by atoms with E-state index in [1.807, 2.05) is 12.4 Å². The van der Waals surface area contributed by atoms with Gasteiger partial charge in [0.2, 0.25) is 5.91 Å². The Bertz CT molecular complexity index is 353. The van der Waals surface area contributed by atoms with Gasteiger partial charge in [-0.15, -0.1) is 0 Å². The summed E-state index contributed by atoms with van der Waals surface area (Å²) in [6, 6.07) is 0. The fraction of sp³-hybridized carbons (Fsp3) is 0.667. The smallest absolute Gasteiger partial charge is 0.216 e. The lowest BCUT2D eigenvalue weighted by molar-refractivity contribution is -0.118. The quantitative estimate of drug-likeness (QED) is 0.840. The number of hydrogen-bond donors (Lipinski definition) is 1. The Morgan fingerprint density at radius 2 is 2.31 bits per heavy atom. The Morgan fingerprint density at radius 3 is 3.00 bits per heavy atom. The number of hydrogen-bond acceptors (Lipinski definition) is 2. The predicted octanol–water partition coefficient (Wildman–Crippen LogP) is 1.68. The second-order valence-electron chi connectivity index (χ2n) is 4.44. The Hall–Kier alpha value is -1.32. The van der Waals surface area contributed by atoms with Crippen LogP contribution in [0.5, 0.6) is 0 Å². The molecule has 0 aliphatic heterocycles. The molecule has 1 aromatic rings. The van der Waals surface area contributed by atoms with Gasteiger partial charge >= 0.3 is 0 Å². The SMILES string of the molecule is CC(=O)NCCn1ccnc1C1CCCC1. The van der Waals surface area contributed by atoms with Gasteiger partial charge in [0.1, 0.15) is 5.82 Å². The molecule has 2 rings (SSSR count). The number of carbonyl (C=O) groups is 1. The van der Waals surface area contributed by atoms with E-state index in [0.717, 1.165) is 6.54 Å². The summed E-state index contributed by atoms with van der Waals surface area (Å²) in [5.74, 6) is 1.86. The van der Waals surface area contributed by atoms with Crippen LogP contribution in [0.25, 0.3) is 0 Å². The molecular weight excluding hydrogens is 202 g/mol. The number of aromatic nitrogens is 2. The molecule has 1 aliphatic carbocycles. The highest BCUT2D eigenvalue weighted by Gasteiger charge is 2.20. The van der Waals surface area contributed by atoms with E-state index >= 15 is 0 Å². The molecule has 0 spiro atoms. The van der Waals surface area contributed by atoms with Crippen molar-refractivity contribution in [2.45, 2.75) is 45.1 Å². The lowest BCUT2D eigenvalue weighted by Gasteiger charge is -2.12. The fourth-order valence-corrected chi connectivity index (χ4v) is 2.41. The lowest BCUT2D eigenvalue weighted by atomic mass is 10.1. The highest BCUT2D eigenvalue weighted by atomic mass is 16.1. The van der Waals surface area contributed by atoms with Gasteiger partial charge in [0, 0.05) is 38.3 Å². The monoisotopic (exact) mass is 221 g/mol. The molecule has 1 aliphatic rings. The molecule has 1 heterocycles. The van der Waals surface area contributed by atoms with Crippen LogP contribution in [0.15, 0.2) is 12.4 Å². The summed E-state index contributed by atoms with van der Waals surface area (Å²) in [5, 5.41) is 2.81.